The molecule has 2 aliphatic heterocycles. The minimum absolute atomic E-state index is 0.157. The van der Waals surface area contributed by atoms with Gasteiger partial charge in [0, 0.05) is 51.9 Å². The maximum absolute atomic E-state index is 6.11. The Labute approximate surface area is 182 Å². The topological polar surface area (TPSA) is 61.8 Å². The van der Waals surface area contributed by atoms with Crippen LogP contribution in [0, 0.1) is 11.3 Å². The Bertz CT molecular complexity index is 659. The molecule has 0 saturated carbocycles. The lowest BCUT2D eigenvalue weighted by molar-refractivity contribution is -0.0835. The summed E-state index contributed by atoms with van der Waals surface area (Å²) in [5, 5.41) is 6.94. The van der Waals surface area contributed by atoms with Crippen LogP contribution in [0.15, 0.2) is 23.3 Å². The van der Waals surface area contributed by atoms with Crippen LogP contribution < -0.4 is 15.5 Å². The molecular weight excluding hydrogens is 374 g/mol. The van der Waals surface area contributed by atoms with Crippen molar-refractivity contribution < 1.29 is 4.74 Å². The molecule has 2 N–H and O–H groups in total. The SMILES string of the molecule is CN=C(NCc1ccc(N2CCCCCC2)nc1)NCC1CCCOC1C(C)(C)C. The van der Waals surface area contributed by atoms with Crippen molar-refractivity contribution in [3.05, 3.63) is 23.9 Å². The monoisotopic (exact) mass is 415 g/mol. The number of aliphatic imine (C=N–C) groups is 1. The Kier molecular flexibility index (Phi) is 8.37. The maximum atomic E-state index is 6.11. The van der Waals surface area contributed by atoms with Gasteiger partial charge in [0.2, 0.25) is 0 Å². The van der Waals surface area contributed by atoms with Gasteiger partial charge in [0.1, 0.15) is 5.82 Å². The first kappa shape index (κ1) is 22.9. The van der Waals surface area contributed by atoms with Gasteiger partial charge in [-0.15, -0.1) is 0 Å². The smallest absolute Gasteiger partial charge is 0.191 e. The number of rotatable bonds is 5. The summed E-state index contributed by atoms with van der Waals surface area (Å²) >= 11 is 0. The summed E-state index contributed by atoms with van der Waals surface area (Å²) in [6.07, 6.45) is 9.85. The number of nitrogens with zero attached hydrogens (tertiary/aromatic N) is 3. The van der Waals surface area contributed by atoms with Crippen LogP contribution in [0.25, 0.3) is 0 Å². The van der Waals surface area contributed by atoms with Crippen molar-refractivity contribution in [1.82, 2.24) is 15.6 Å². The molecule has 1 aromatic rings. The van der Waals surface area contributed by atoms with Gasteiger partial charge < -0.3 is 20.3 Å². The summed E-state index contributed by atoms with van der Waals surface area (Å²) in [5.74, 6) is 2.45. The molecule has 0 bridgehead atoms. The summed E-state index contributed by atoms with van der Waals surface area (Å²) in [6, 6.07) is 4.34. The van der Waals surface area contributed by atoms with Gasteiger partial charge in [0.05, 0.1) is 6.10 Å². The number of aromatic nitrogens is 1. The molecule has 1 aromatic heterocycles. The lowest BCUT2D eigenvalue weighted by Gasteiger charge is -2.40. The highest BCUT2D eigenvalue weighted by molar-refractivity contribution is 5.79. The van der Waals surface area contributed by atoms with Crippen LogP contribution in [0.2, 0.25) is 0 Å². The predicted octanol–water partition coefficient (Wildman–Crippen LogP) is 3.97. The molecule has 0 aliphatic carbocycles. The van der Waals surface area contributed by atoms with Gasteiger partial charge in [-0.05, 0) is 42.7 Å². The van der Waals surface area contributed by atoms with Crippen LogP contribution in [-0.2, 0) is 11.3 Å². The van der Waals surface area contributed by atoms with Gasteiger partial charge in [0.15, 0.2) is 5.96 Å². The quantitative estimate of drug-likeness (QED) is 0.563. The molecule has 0 amide bonds. The van der Waals surface area contributed by atoms with Crippen molar-refractivity contribution in [3.8, 4) is 0 Å². The summed E-state index contributed by atoms with van der Waals surface area (Å²) < 4.78 is 6.11. The molecule has 0 spiro atoms. The zero-order valence-electron chi connectivity index (χ0n) is 19.4. The Hall–Kier alpha value is -1.82. The molecule has 3 heterocycles. The van der Waals surface area contributed by atoms with Crippen molar-refractivity contribution in [1.29, 1.82) is 0 Å². The molecule has 2 fully saturated rings. The molecule has 6 heteroatoms. The first-order valence-electron chi connectivity index (χ1n) is 11.7. The van der Waals surface area contributed by atoms with Crippen LogP contribution in [0.1, 0.15) is 64.9 Å². The number of nitrogens with one attached hydrogen (secondary N) is 2. The normalized spacial score (nSPS) is 23.7. The molecule has 168 valence electrons. The first-order valence-corrected chi connectivity index (χ1v) is 11.7. The third kappa shape index (κ3) is 6.59. The molecule has 6 nitrogen and oxygen atoms in total. The van der Waals surface area contributed by atoms with E-state index in [4.69, 9.17) is 9.72 Å². The van der Waals surface area contributed by atoms with Crippen molar-refractivity contribution in [2.24, 2.45) is 16.3 Å². The molecule has 2 atom stereocenters. The fourth-order valence-electron chi connectivity index (χ4n) is 4.65. The van der Waals surface area contributed by atoms with Crippen molar-refractivity contribution in [3.63, 3.8) is 0 Å². The average Bonchev–Trinajstić information content (AvgIpc) is 3.03. The van der Waals surface area contributed by atoms with E-state index in [0.29, 0.717) is 5.92 Å². The van der Waals surface area contributed by atoms with Crippen molar-refractivity contribution >= 4 is 11.8 Å². The van der Waals surface area contributed by atoms with E-state index in [1.807, 2.05) is 13.2 Å². The van der Waals surface area contributed by atoms with E-state index in [2.05, 4.69) is 53.4 Å². The lowest BCUT2D eigenvalue weighted by Crippen LogP contribution is -2.47. The van der Waals surface area contributed by atoms with E-state index in [0.717, 1.165) is 51.0 Å². The van der Waals surface area contributed by atoms with Gasteiger partial charge in [-0.2, -0.15) is 0 Å². The van der Waals surface area contributed by atoms with Gasteiger partial charge in [-0.25, -0.2) is 4.98 Å². The second kappa shape index (κ2) is 11.0. The summed E-state index contributed by atoms with van der Waals surface area (Å²) in [4.78, 5) is 11.5. The highest BCUT2D eigenvalue weighted by Crippen LogP contribution is 2.33. The standard InChI is InChI=1S/C24H41N5O/c1-24(2,3)22-20(10-9-15-30-22)18-28-23(25-4)27-17-19-11-12-21(26-16-19)29-13-7-5-6-8-14-29/h11-12,16,20,22H,5-10,13-15,17-18H2,1-4H3,(H2,25,27,28). The Morgan fingerprint density at radius 1 is 1.13 bits per heavy atom. The van der Waals surface area contributed by atoms with E-state index < -0.39 is 0 Å². The molecule has 2 unspecified atom stereocenters. The zero-order chi connectivity index (χ0) is 21.4. The van der Waals surface area contributed by atoms with E-state index in [9.17, 15) is 0 Å². The van der Waals surface area contributed by atoms with E-state index in [1.54, 1.807) is 0 Å². The molecular formula is C24H41N5O. The molecule has 30 heavy (non-hydrogen) atoms. The summed E-state index contributed by atoms with van der Waals surface area (Å²) in [6.45, 7) is 11.5. The third-order valence-corrected chi connectivity index (χ3v) is 6.25. The van der Waals surface area contributed by atoms with Crippen LogP contribution in [-0.4, -0.2) is 50.3 Å². The highest BCUT2D eigenvalue weighted by atomic mass is 16.5. The predicted molar refractivity (Wildman–Crippen MR) is 125 cm³/mol. The Morgan fingerprint density at radius 3 is 2.53 bits per heavy atom. The molecule has 0 radical (unpaired) electrons. The zero-order valence-corrected chi connectivity index (χ0v) is 19.4. The summed E-state index contributed by atoms with van der Waals surface area (Å²) in [5.41, 5.74) is 1.33. The molecule has 0 aromatic carbocycles. The van der Waals surface area contributed by atoms with Crippen LogP contribution >= 0.6 is 0 Å². The van der Waals surface area contributed by atoms with Gasteiger partial charge in [0.25, 0.3) is 0 Å². The van der Waals surface area contributed by atoms with E-state index in [-0.39, 0.29) is 11.5 Å². The first-order chi connectivity index (χ1) is 14.5. The minimum Gasteiger partial charge on any atom is -0.377 e. The second-order valence-corrected chi connectivity index (χ2v) is 9.79. The highest BCUT2D eigenvalue weighted by Gasteiger charge is 2.35. The van der Waals surface area contributed by atoms with E-state index >= 15 is 0 Å². The number of hydrogen-bond acceptors (Lipinski definition) is 4. The average molecular weight is 416 g/mol. The number of ether oxygens (including phenoxy) is 1. The lowest BCUT2D eigenvalue weighted by atomic mass is 9.78. The van der Waals surface area contributed by atoms with Crippen molar-refractivity contribution in [2.45, 2.75) is 71.9 Å². The Morgan fingerprint density at radius 2 is 1.90 bits per heavy atom. The van der Waals surface area contributed by atoms with Crippen LogP contribution in [0.4, 0.5) is 5.82 Å². The molecule has 2 saturated heterocycles. The van der Waals surface area contributed by atoms with Gasteiger partial charge >= 0.3 is 0 Å². The van der Waals surface area contributed by atoms with Crippen LogP contribution in [0.5, 0.6) is 0 Å². The number of hydrogen-bond donors (Lipinski definition) is 2. The number of guanidine groups is 1. The fraction of sp³-hybridized carbons (Fsp3) is 0.750. The van der Waals surface area contributed by atoms with Crippen LogP contribution in [0.3, 0.4) is 0 Å². The Balaban J connectivity index is 1.48. The largest absolute Gasteiger partial charge is 0.377 e. The number of anilines is 1. The van der Waals surface area contributed by atoms with Gasteiger partial charge in [-0.3, -0.25) is 4.99 Å². The molecule has 2 aliphatic rings. The molecule has 3 rings (SSSR count). The van der Waals surface area contributed by atoms with Crippen molar-refractivity contribution in [2.75, 3.05) is 38.2 Å². The van der Waals surface area contributed by atoms with E-state index in [1.165, 1.54) is 37.7 Å². The number of pyridine rings is 1. The minimum atomic E-state index is 0.157. The fourth-order valence-corrected chi connectivity index (χ4v) is 4.65. The maximum Gasteiger partial charge on any atom is 0.191 e. The third-order valence-electron chi connectivity index (χ3n) is 6.25. The van der Waals surface area contributed by atoms with Gasteiger partial charge in [-0.1, -0.05) is 39.7 Å². The summed E-state index contributed by atoms with van der Waals surface area (Å²) in [7, 11) is 1.83. The second-order valence-electron chi connectivity index (χ2n) is 9.79.